The van der Waals surface area contributed by atoms with Gasteiger partial charge in [0, 0.05) is 18.8 Å². The van der Waals surface area contributed by atoms with Crippen molar-refractivity contribution in [1.82, 2.24) is 5.32 Å². The summed E-state index contributed by atoms with van der Waals surface area (Å²) < 4.78 is 34.7. The first-order valence-corrected chi connectivity index (χ1v) is 3.69. The van der Waals surface area contributed by atoms with E-state index in [1.165, 1.54) is 0 Å². The highest BCUT2D eigenvalue weighted by Crippen LogP contribution is 2.15. The average molecular weight is 196 g/mol. The number of alkyl halides is 3. The van der Waals surface area contributed by atoms with Crippen molar-refractivity contribution in [3.63, 3.8) is 0 Å². The number of carbonyl (C=O) groups excluding carboxylic acids is 1. The summed E-state index contributed by atoms with van der Waals surface area (Å²) >= 11 is 0. The zero-order valence-corrected chi connectivity index (χ0v) is 6.90. The highest BCUT2D eigenvalue weighted by Gasteiger charge is 2.35. The summed E-state index contributed by atoms with van der Waals surface area (Å²) in [7, 11) is 0. The minimum absolute atomic E-state index is 0.452. The number of hydrogen-bond acceptors (Lipinski definition) is 3. The molecule has 0 aromatic heterocycles. The van der Waals surface area contributed by atoms with Gasteiger partial charge in [0.2, 0.25) is 0 Å². The minimum Gasteiger partial charge on any atom is -0.391 e. The van der Waals surface area contributed by atoms with Crippen LogP contribution in [0.25, 0.3) is 0 Å². The molecule has 3 N–H and O–H groups in total. The van der Waals surface area contributed by atoms with Crippen LogP contribution in [0.5, 0.6) is 0 Å². The SMILES string of the molecule is NCCCNC=CC(=O)C(F)(F)F. The summed E-state index contributed by atoms with van der Waals surface area (Å²) in [6.07, 6.45) is -2.71. The van der Waals surface area contributed by atoms with Gasteiger partial charge in [-0.3, -0.25) is 4.79 Å². The minimum atomic E-state index is -4.79. The molecule has 0 atom stereocenters. The molecule has 0 radical (unpaired) electrons. The molecular formula is C7H11F3N2O. The molecule has 0 aromatic carbocycles. The third-order valence-corrected chi connectivity index (χ3v) is 1.16. The predicted molar refractivity (Wildman–Crippen MR) is 41.9 cm³/mol. The van der Waals surface area contributed by atoms with E-state index in [-0.39, 0.29) is 0 Å². The molecule has 0 saturated carbocycles. The Labute approximate surface area is 73.8 Å². The molecule has 0 bridgehead atoms. The first-order valence-electron chi connectivity index (χ1n) is 3.69. The molecule has 0 aliphatic heterocycles. The fraction of sp³-hybridized carbons (Fsp3) is 0.571. The number of rotatable bonds is 5. The van der Waals surface area contributed by atoms with Gasteiger partial charge in [0.05, 0.1) is 0 Å². The lowest BCUT2D eigenvalue weighted by atomic mass is 10.4. The van der Waals surface area contributed by atoms with Crippen molar-refractivity contribution >= 4 is 5.78 Å². The van der Waals surface area contributed by atoms with E-state index in [2.05, 4.69) is 5.32 Å². The van der Waals surface area contributed by atoms with Gasteiger partial charge in [-0.25, -0.2) is 0 Å². The Bertz CT molecular complexity index is 189. The van der Waals surface area contributed by atoms with E-state index in [0.29, 0.717) is 25.6 Å². The third kappa shape index (κ3) is 6.15. The van der Waals surface area contributed by atoms with E-state index in [9.17, 15) is 18.0 Å². The number of ketones is 1. The van der Waals surface area contributed by atoms with Gasteiger partial charge in [0.25, 0.3) is 5.78 Å². The Morgan fingerprint density at radius 3 is 2.54 bits per heavy atom. The summed E-state index contributed by atoms with van der Waals surface area (Å²) in [5.41, 5.74) is 5.13. The number of halogens is 3. The Hall–Kier alpha value is -1.04. The van der Waals surface area contributed by atoms with Crippen LogP contribution in [0.15, 0.2) is 12.3 Å². The Morgan fingerprint density at radius 2 is 2.08 bits per heavy atom. The standard InChI is InChI=1S/C7H11F3N2O/c8-7(9,10)6(13)2-5-12-4-1-3-11/h2,5,12H,1,3-4,11H2. The van der Waals surface area contributed by atoms with Crippen LogP contribution in [0.3, 0.4) is 0 Å². The predicted octanol–water partition coefficient (Wildman–Crippen LogP) is 0.570. The molecule has 0 rings (SSSR count). The van der Waals surface area contributed by atoms with Crippen molar-refractivity contribution in [1.29, 1.82) is 0 Å². The smallest absolute Gasteiger partial charge is 0.391 e. The topological polar surface area (TPSA) is 55.1 Å². The second kappa shape index (κ2) is 5.58. The number of nitrogens with one attached hydrogen (secondary N) is 1. The third-order valence-electron chi connectivity index (χ3n) is 1.16. The maximum absolute atomic E-state index is 11.6. The van der Waals surface area contributed by atoms with Crippen LogP contribution in [-0.4, -0.2) is 25.0 Å². The fourth-order valence-electron chi connectivity index (χ4n) is 0.517. The maximum atomic E-state index is 11.6. The molecule has 0 saturated heterocycles. The fourth-order valence-corrected chi connectivity index (χ4v) is 0.517. The van der Waals surface area contributed by atoms with Gasteiger partial charge in [-0.15, -0.1) is 0 Å². The van der Waals surface area contributed by atoms with Crippen molar-refractivity contribution in [3.05, 3.63) is 12.3 Å². The second-order valence-corrected chi connectivity index (χ2v) is 2.29. The first-order chi connectivity index (χ1) is 5.98. The lowest BCUT2D eigenvalue weighted by Crippen LogP contribution is -2.21. The van der Waals surface area contributed by atoms with Crippen LogP contribution in [0.4, 0.5) is 13.2 Å². The molecule has 0 fully saturated rings. The summed E-state index contributed by atoms with van der Waals surface area (Å²) in [5.74, 6) is -1.87. The van der Waals surface area contributed by atoms with Crippen molar-refractivity contribution in [2.24, 2.45) is 5.73 Å². The second-order valence-electron chi connectivity index (χ2n) is 2.29. The van der Waals surface area contributed by atoms with E-state index in [1.54, 1.807) is 0 Å². The number of allylic oxidation sites excluding steroid dienone is 1. The molecule has 0 heterocycles. The van der Waals surface area contributed by atoms with Crippen molar-refractivity contribution < 1.29 is 18.0 Å². The quantitative estimate of drug-likeness (QED) is 0.499. The van der Waals surface area contributed by atoms with Gasteiger partial charge >= 0.3 is 6.18 Å². The molecule has 0 aliphatic rings. The van der Waals surface area contributed by atoms with Gasteiger partial charge in [-0.05, 0) is 13.0 Å². The van der Waals surface area contributed by atoms with E-state index in [0.717, 1.165) is 6.20 Å². The molecule has 3 nitrogen and oxygen atoms in total. The molecule has 13 heavy (non-hydrogen) atoms. The maximum Gasteiger partial charge on any atom is 0.454 e. The van der Waals surface area contributed by atoms with Crippen LogP contribution in [-0.2, 0) is 4.79 Å². The Balaban J connectivity index is 3.67. The lowest BCUT2D eigenvalue weighted by Gasteiger charge is -2.00. The first kappa shape index (κ1) is 12.0. The largest absolute Gasteiger partial charge is 0.454 e. The molecule has 0 spiro atoms. The zero-order chi connectivity index (χ0) is 10.3. The van der Waals surface area contributed by atoms with Crippen LogP contribution < -0.4 is 11.1 Å². The molecule has 6 heteroatoms. The molecule has 0 aromatic rings. The van der Waals surface area contributed by atoms with Gasteiger partial charge in [-0.2, -0.15) is 13.2 Å². The molecule has 76 valence electrons. The van der Waals surface area contributed by atoms with Crippen LogP contribution in [0.1, 0.15) is 6.42 Å². The molecular weight excluding hydrogens is 185 g/mol. The van der Waals surface area contributed by atoms with Crippen molar-refractivity contribution in [2.75, 3.05) is 13.1 Å². The zero-order valence-electron chi connectivity index (χ0n) is 6.90. The van der Waals surface area contributed by atoms with E-state index >= 15 is 0 Å². The lowest BCUT2D eigenvalue weighted by molar-refractivity contribution is -0.165. The summed E-state index contributed by atoms with van der Waals surface area (Å²) in [5, 5.41) is 2.51. The Kier molecular flexibility index (Phi) is 5.13. The number of nitrogens with two attached hydrogens (primary N) is 1. The molecule has 0 amide bonds. The average Bonchev–Trinajstić information content (AvgIpc) is 2.02. The van der Waals surface area contributed by atoms with E-state index < -0.39 is 12.0 Å². The van der Waals surface area contributed by atoms with Gasteiger partial charge in [-0.1, -0.05) is 0 Å². The van der Waals surface area contributed by atoms with Crippen molar-refractivity contribution in [3.8, 4) is 0 Å². The van der Waals surface area contributed by atoms with Gasteiger partial charge in [0.1, 0.15) is 0 Å². The van der Waals surface area contributed by atoms with Gasteiger partial charge < -0.3 is 11.1 Å². The highest BCUT2D eigenvalue weighted by atomic mass is 19.4. The number of hydrogen-bond donors (Lipinski definition) is 2. The van der Waals surface area contributed by atoms with E-state index in [4.69, 9.17) is 5.73 Å². The monoisotopic (exact) mass is 196 g/mol. The van der Waals surface area contributed by atoms with Gasteiger partial charge in [0.15, 0.2) is 0 Å². The summed E-state index contributed by atoms with van der Waals surface area (Å²) in [6, 6.07) is 0. The molecule has 0 unspecified atom stereocenters. The summed E-state index contributed by atoms with van der Waals surface area (Å²) in [4.78, 5) is 10.2. The Morgan fingerprint density at radius 1 is 1.46 bits per heavy atom. The number of carbonyl (C=O) groups is 1. The highest BCUT2D eigenvalue weighted by molar-refractivity contribution is 5.94. The van der Waals surface area contributed by atoms with E-state index in [1.807, 2.05) is 0 Å². The van der Waals surface area contributed by atoms with Crippen LogP contribution >= 0.6 is 0 Å². The van der Waals surface area contributed by atoms with Crippen LogP contribution in [0, 0.1) is 0 Å². The normalized spacial score (nSPS) is 12.0. The summed E-state index contributed by atoms with van der Waals surface area (Å²) in [6.45, 7) is 0.909. The van der Waals surface area contributed by atoms with Crippen LogP contribution in [0.2, 0.25) is 0 Å². The van der Waals surface area contributed by atoms with Crippen molar-refractivity contribution in [2.45, 2.75) is 12.6 Å². The molecule has 0 aliphatic carbocycles.